The third kappa shape index (κ3) is 3.17. The normalized spacial score (nSPS) is 13.6. The van der Waals surface area contributed by atoms with E-state index in [9.17, 15) is 4.79 Å². The number of rotatable bonds is 2. The summed E-state index contributed by atoms with van der Waals surface area (Å²) in [5.74, 6) is 0.0819. The van der Waals surface area contributed by atoms with Crippen molar-refractivity contribution in [1.82, 2.24) is 0 Å². The molecular weight excluding hydrogens is 311 g/mol. The zero-order valence-corrected chi connectivity index (χ0v) is 11.1. The van der Waals surface area contributed by atoms with E-state index in [0.29, 0.717) is 0 Å². The summed E-state index contributed by atoms with van der Waals surface area (Å²) in [6, 6.07) is 9.35. The molecule has 0 heterocycles. The van der Waals surface area contributed by atoms with E-state index < -0.39 is 0 Å². The van der Waals surface area contributed by atoms with Gasteiger partial charge in [0.05, 0.1) is 0 Å². The molecule has 2 rings (SSSR count). The molecule has 2 heteroatoms. The van der Waals surface area contributed by atoms with E-state index >= 15 is 0 Å². The molecule has 0 atom stereocenters. The van der Waals surface area contributed by atoms with Crippen LogP contribution in [0.4, 0.5) is 0 Å². The Hall–Kier alpha value is -1.16. The number of hydrogen-bond acceptors (Lipinski definition) is 1. The lowest BCUT2D eigenvalue weighted by Gasteiger charge is -1.99. The second-order valence-electron chi connectivity index (χ2n) is 3.38. The molecule has 0 radical (unpaired) electrons. The van der Waals surface area contributed by atoms with Gasteiger partial charge in [0.1, 0.15) is 0 Å². The summed E-state index contributed by atoms with van der Waals surface area (Å²) in [5.41, 5.74) is 1.48. The number of Topliss-reactive ketones (excluding diaryl/α,β-unsaturated/α-hetero) is 1. The van der Waals surface area contributed by atoms with Gasteiger partial charge < -0.3 is 0 Å². The Bertz CT molecular complexity index is 441. The van der Waals surface area contributed by atoms with Crippen LogP contribution in [0, 0.1) is 0 Å². The van der Waals surface area contributed by atoms with Crippen LogP contribution >= 0.6 is 24.0 Å². The second-order valence-corrected chi connectivity index (χ2v) is 3.38. The van der Waals surface area contributed by atoms with Crippen molar-refractivity contribution in [2.24, 2.45) is 0 Å². The monoisotopic (exact) mass is 324 g/mol. The molecule has 1 aromatic carbocycles. The highest BCUT2D eigenvalue weighted by Gasteiger charge is 2.08. The summed E-state index contributed by atoms with van der Waals surface area (Å²) in [4.78, 5) is 12.0. The molecule has 0 saturated heterocycles. The largest absolute Gasteiger partial charge is 0.289 e. The molecule has 0 amide bonds. The number of hydrogen-bond donors (Lipinski definition) is 0. The summed E-state index contributed by atoms with van der Waals surface area (Å²) in [5, 5.41) is 0. The molecule has 82 valence electrons. The highest BCUT2D eigenvalue weighted by molar-refractivity contribution is 14.0. The lowest BCUT2D eigenvalue weighted by atomic mass is 10.0. The zero-order chi connectivity index (χ0) is 10.5. The summed E-state index contributed by atoms with van der Waals surface area (Å²) >= 11 is 0. The van der Waals surface area contributed by atoms with Crippen LogP contribution < -0.4 is 0 Å². The van der Waals surface area contributed by atoms with Crippen LogP contribution in [0.3, 0.4) is 0 Å². The Morgan fingerprint density at radius 2 is 1.81 bits per heavy atom. The van der Waals surface area contributed by atoms with Gasteiger partial charge in [-0.05, 0) is 6.42 Å². The number of allylic oxidation sites excluding steroid dienone is 6. The summed E-state index contributed by atoms with van der Waals surface area (Å²) in [6.07, 6.45) is 10.6. The third-order valence-electron chi connectivity index (χ3n) is 2.28. The molecular formula is C14H13IO. The van der Waals surface area contributed by atoms with Crippen LogP contribution in [0.2, 0.25) is 0 Å². The smallest absolute Gasteiger partial charge is 0.193 e. The van der Waals surface area contributed by atoms with E-state index in [4.69, 9.17) is 0 Å². The SMILES string of the molecule is I.O=C(C1=CC=CCC=C1)c1ccccc1. The van der Waals surface area contributed by atoms with Gasteiger partial charge in [0.2, 0.25) is 0 Å². The van der Waals surface area contributed by atoms with Crippen LogP contribution in [-0.4, -0.2) is 5.78 Å². The standard InChI is InChI=1S/C14H12O.HI/c15-14(13-10-6-3-7-11-13)12-8-4-1-2-5-9-12;/h1,3-11H,2H2;1H. The van der Waals surface area contributed by atoms with E-state index in [1.807, 2.05) is 60.7 Å². The third-order valence-corrected chi connectivity index (χ3v) is 2.28. The van der Waals surface area contributed by atoms with Crippen molar-refractivity contribution in [3.05, 3.63) is 71.8 Å². The molecule has 0 fully saturated rings. The summed E-state index contributed by atoms with van der Waals surface area (Å²) < 4.78 is 0. The summed E-state index contributed by atoms with van der Waals surface area (Å²) in [6.45, 7) is 0. The number of carbonyl (C=O) groups excluding carboxylic acids is 1. The van der Waals surface area contributed by atoms with Gasteiger partial charge in [-0.3, -0.25) is 4.79 Å². The molecule has 0 saturated carbocycles. The number of ketones is 1. The molecule has 0 aliphatic heterocycles. The summed E-state index contributed by atoms with van der Waals surface area (Å²) in [7, 11) is 0. The van der Waals surface area contributed by atoms with E-state index in [1.54, 1.807) is 0 Å². The quantitative estimate of drug-likeness (QED) is 0.595. The van der Waals surface area contributed by atoms with Gasteiger partial charge in [0.25, 0.3) is 0 Å². The second kappa shape index (κ2) is 6.43. The molecule has 0 unspecified atom stereocenters. The van der Waals surface area contributed by atoms with Gasteiger partial charge in [-0.15, -0.1) is 24.0 Å². The van der Waals surface area contributed by atoms with Crippen molar-refractivity contribution in [3.8, 4) is 0 Å². The van der Waals surface area contributed by atoms with Crippen molar-refractivity contribution >= 4 is 29.8 Å². The fourth-order valence-corrected chi connectivity index (χ4v) is 1.49. The average molecular weight is 324 g/mol. The van der Waals surface area contributed by atoms with E-state index in [2.05, 4.69) is 0 Å². The lowest BCUT2D eigenvalue weighted by Crippen LogP contribution is -2.00. The molecule has 0 N–H and O–H groups in total. The van der Waals surface area contributed by atoms with Gasteiger partial charge in [-0.2, -0.15) is 0 Å². The number of halogens is 1. The Labute approximate surface area is 113 Å². The van der Waals surface area contributed by atoms with Crippen LogP contribution in [0.25, 0.3) is 0 Å². The molecule has 0 aromatic heterocycles. The van der Waals surface area contributed by atoms with Gasteiger partial charge in [-0.25, -0.2) is 0 Å². The Morgan fingerprint density at radius 1 is 1.06 bits per heavy atom. The highest BCUT2D eigenvalue weighted by Crippen LogP contribution is 2.12. The first-order chi connectivity index (χ1) is 7.38. The minimum Gasteiger partial charge on any atom is -0.289 e. The van der Waals surface area contributed by atoms with E-state index in [0.717, 1.165) is 17.6 Å². The van der Waals surface area contributed by atoms with Crippen molar-refractivity contribution in [3.63, 3.8) is 0 Å². The number of carbonyl (C=O) groups is 1. The topological polar surface area (TPSA) is 17.1 Å². The van der Waals surface area contributed by atoms with E-state index in [-0.39, 0.29) is 29.8 Å². The first-order valence-corrected chi connectivity index (χ1v) is 5.01. The first kappa shape index (κ1) is 12.9. The van der Waals surface area contributed by atoms with Crippen molar-refractivity contribution in [2.75, 3.05) is 0 Å². The maximum atomic E-state index is 12.0. The van der Waals surface area contributed by atoms with Gasteiger partial charge in [0, 0.05) is 11.1 Å². The Kier molecular flexibility index (Phi) is 5.19. The first-order valence-electron chi connectivity index (χ1n) is 5.01. The van der Waals surface area contributed by atoms with Crippen LogP contribution in [0.1, 0.15) is 16.8 Å². The predicted molar refractivity (Wildman–Crippen MR) is 77.2 cm³/mol. The molecule has 1 aliphatic rings. The lowest BCUT2D eigenvalue weighted by molar-refractivity contribution is 0.103. The molecule has 0 spiro atoms. The van der Waals surface area contributed by atoms with Crippen LogP contribution in [0.15, 0.2) is 66.3 Å². The van der Waals surface area contributed by atoms with E-state index in [1.165, 1.54) is 0 Å². The Morgan fingerprint density at radius 3 is 2.56 bits per heavy atom. The molecule has 16 heavy (non-hydrogen) atoms. The molecule has 1 nitrogen and oxygen atoms in total. The minimum absolute atomic E-state index is 0. The van der Waals surface area contributed by atoms with Crippen LogP contribution in [0.5, 0.6) is 0 Å². The molecule has 1 aromatic rings. The maximum absolute atomic E-state index is 12.0. The van der Waals surface area contributed by atoms with Crippen molar-refractivity contribution < 1.29 is 4.79 Å². The Balaban J connectivity index is 0.00000128. The number of benzene rings is 1. The average Bonchev–Trinajstić information content (AvgIpc) is 2.58. The van der Waals surface area contributed by atoms with Crippen LogP contribution in [-0.2, 0) is 0 Å². The predicted octanol–water partition coefficient (Wildman–Crippen LogP) is 3.93. The van der Waals surface area contributed by atoms with Gasteiger partial charge in [0.15, 0.2) is 5.78 Å². The highest BCUT2D eigenvalue weighted by atomic mass is 127. The van der Waals surface area contributed by atoms with Gasteiger partial charge in [-0.1, -0.05) is 60.7 Å². The zero-order valence-electron chi connectivity index (χ0n) is 8.80. The minimum atomic E-state index is 0. The fraction of sp³-hybridized carbons (Fsp3) is 0.0714. The van der Waals surface area contributed by atoms with Crippen molar-refractivity contribution in [2.45, 2.75) is 6.42 Å². The molecule has 0 bridgehead atoms. The maximum Gasteiger partial charge on any atom is 0.193 e. The van der Waals surface area contributed by atoms with Crippen molar-refractivity contribution in [1.29, 1.82) is 0 Å². The van der Waals surface area contributed by atoms with Gasteiger partial charge >= 0.3 is 0 Å². The fourth-order valence-electron chi connectivity index (χ4n) is 1.49. The molecule has 1 aliphatic carbocycles.